The highest BCUT2D eigenvalue weighted by atomic mass is 32.2. The summed E-state index contributed by atoms with van der Waals surface area (Å²) in [6.45, 7) is 0. The molecule has 142 valence electrons. The molecule has 28 heavy (non-hydrogen) atoms. The highest BCUT2D eigenvalue weighted by Crippen LogP contribution is 2.29. The second-order valence-electron chi connectivity index (χ2n) is 5.78. The number of benzene rings is 2. The molecule has 0 saturated carbocycles. The van der Waals surface area contributed by atoms with Gasteiger partial charge < -0.3 is 11.1 Å². The number of hydrogen-bond acceptors (Lipinski definition) is 4. The molecule has 0 aliphatic heterocycles. The normalized spacial score (nSPS) is 10.9. The third kappa shape index (κ3) is 5.55. The van der Waals surface area contributed by atoms with Gasteiger partial charge in [0, 0.05) is 20.7 Å². The lowest BCUT2D eigenvalue weighted by atomic mass is 10.2. The number of para-hydroxylation sites is 1. The number of amides is 2. The smallest absolute Gasteiger partial charge is 0.248 e. The van der Waals surface area contributed by atoms with E-state index in [0.717, 1.165) is 20.2 Å². The number of nitrogens with two attached hydrogens (primary N) is 1. The maximum atomic E-state index is 13.0. The predicted molar refractivity (Wildman–Crippen MR) is 114 cm³/mol. The van der Waals surface area contributed by atoms with Crippen molar-refractivity contribution in [2.24, 2.45) is 5.73 Å². The van der Waals surface area contributed by atoms with Crippen LogP contribution in [0.2, 0.25) is 0 Å². The van der Waals surface area contributed by atoms with Crippen LogP contribution in [0.1, 0.15) is 4.88 Å². The van der Waals surface area contributed by atoms with Gasteiger partial charge in [-0.1, -0.05) is 24.3 Å². The van der Waals surface area contributed by atoms with Crippen molar-refractivity contribution in [1.82, 2.24) is 0 Å². The molecule has 1 heterocycles. The van der Waals surface area contributed by atoms with Crippen LogP contribution in [-0.4, -0.2) is 17.6 Å². The summed E-state index contributed by atoms with van der Waals surface area (Å²) < 4.78 is 13.0. The van der Waals surface area contributed by atoms with Gasteiger partial charge >= 0.3 is 0 Å². The van der Waals surface area contributed by atoms with Gasteiger partial charge in [-0.3, -0.25) is 9.59 Å². The van der Waals surface area contributed by atoms with E-state index in [1.807, 2.05) is 30.3 Å². The predicted octanol–water partition coefficient (Wildman–Crippen LogP) is 4.78. The summed E-state index contributed by atoms with van der Waals surface area (Å²) in [5.41, 5.74) is 6.73. The number of thiophene rings is 1. The molecule has 4 nitrogen and oxygen atoms in total. The highest BCUT2D eigenvalue weighted by molar-refractivity contribution is 8.00. The summed E-state index contributed by atoms with van der Waals surface area (Å²) in [6, 6.07) is 17.4. The van der Waals surface area contributed by atoms with E-state index in [4.69, 9.17) is 5.73 Å². The monoisotopic (exact) mass is 412 g/mol. The van der Waals surface area contributed by atoms with Crippen LogP contribution < -0.4 is 11.1 Å². The molecule has 0 saturated heterocycles. The van der Waals surface area contributed by atoms with Crippen molar-refractivity contribution in [1.29, 1.82) is 0 Å². The molecule has 0 atom stereocenters. The maximum absolute atomic E-state index is 13.0. The van der Waals surface area contributed by atoms with Crippen LogP contribution in [0, 0.1) is 5.82 Å². The van der Waals surface area contributed by atoms with E-state index < -0.39 is 5.91 Å². The highest BCUT2D eigenvalue weighted by Gasteiger charge is 2.07. The molecular weight excluding hydrogens is 395 g/mol. The number of halogens is 1. The molecule has 0 spiro atoms. The standard InChI is InChI=1S/C21H17FN2O2S2/c22-15-7-5-14(6-8-15)18-11-9-16(28-18)10-12-21(26)24-17-3-1-2-4-19(17)27-13-20(23)25/h1-12H,13H2,(H2,23,25)(H,24,26)/b12-10+. The first-order valence-corrected chi connectivity index (χ1v) is 10.2. The minimum atomic E-state index is -0.416. The van der Waals surface area contributed by atoms with E-state index in [1.54, 1.807) is 24.3 Å². The number of anilines is 1. The molecule has 0 radical (unpaired) electrons. The fourth-order valence-corrected chi connectivity index (χ4v) is 4.05. The second kappa shape index (κ2) is 9.34. The number of carbonyl (C=O) groups is 2. The van der Waals surface area contributed by atoms with Gasteiger partial charge in [-0.25, -0.2) is 4.39 Å². The molecule has 3 aromatic rings. The van der Waals surface area contributed by atoms with Crippen LogP contribution in [0.15, 0.2) is 71.6 Å². The Labute approximate surface area is 170 Å². The van der Waals surface area contributed by atoms with Crippen LogP contribution >= 0.6 is 23.1 Å². The summed E-state index contributed by atoms with van der Waals surface area (Å²) in [5.74, 6) is -0.819. The first-order chi connectivity index (χ1) is 13.5. The third-order valence-corrected chi connectivity index (χ3v) is 5.86. The summed E-state index contributed by atoms with van der Waals surface area (Å²) in [4.78, 5) is 25.9. The maximum Gasteiger partial charge on any atom is 0.248 e. The van der Waals surface area contributed by atoms with Crippen LogP contribution in [0.5, 0.6) is 0 Å². The minimum absolute atomic E-state index is 0.143. The first kappa shape index (κ1) is 19.9. The summed E-state index contributed by atoms with van der Waals surface area (Å²) in [5, 5.41) is 2.81. The number of nitrogens with one attached hydrogen (secondary N) is 1. The van der Waals surface area contributed by atoms with Crippen molar-refractivity contribution in [3.63, 3.8) is 0 Å². The lowest BCUT2D eigenvalue weighted by molar-refractivity contribution is -0.115. The van der Waals surface area contributed by atoms with Crippen LogP contribution in [-0.2, 0) is 9.59 Å². The Morgan fingerprint density at radius 3 is 2.57 bits per heavy atom. The van der Waals surface area contributed by atoms with Gasteiger partial charge in [-0.05, 0) is 48.0 Å². The number of carbonyl (C=O) groups excluding carboxylic acids is 2. The molecule has 3 N–H and O–H groups in total. The largest absolute Gasteiger partial charge is 0.369 e. The fourth-order valence-electron chi connectivity index (χ4n) is 2.39. The van der Waals surface area contributed by atoms with Crippen LogP contribution in [0.4, 0.5) is 10.1 Å². The van der Waals surface area contributed by atoms with E-state index in [0.29, 0.717) is 5.69 Å². The van der Waals surface area contributed by atoms with Crippen molar-refractivity contribution in [3.05, 3.63) is 77.4 Å². The second-order valence-corrected chi connectivity index (χ2v) is 7.92. The summed E-state index contributed by atoms with van der Waals surface area (Å²) in [7, 11) is 0. The number of rotatable bonds is 7. The van der Waals surface area contributed by atoms with Gasteiger partial charge in [0.2, 0.25) is 11.8 Å². The zero-order valence-electron chi connectivity index (χ0n) is 14.7. The Balaban J connectivity index is 1.65. The van der Waals surface area contributed by atoms with Gasteiger partial charge in [0.25, 0.3) is 0 Å². The molecule has 2 amide bonds. The molecule has 7 heteroatoms. The third-order valence-electron chi connectivity index (χ3n) is 3.67. The quantitative estimate of drug-likeness (QED) is 0.433. The lowest BCUT2D eigenvalue weighted by Gasteiger charge is -2.08. The average molecular weight is 413 g/mol. The van der Waals surface area contributed by atoms with Crippen molar-refractivity contribution < 1.29 is 14.0 Å². The molecule has 0 aliphatic rings. The molecule has 0 unspecified atom stereocenters. The van der Waals surface area contributed by atoms with Gasteiger partial charge in [-0.15, -0.1) is 23.1 Å². The van der Waals surface area contributed by atoms with Gasteiger partial charge in [0.05, 0.1) is 11.4 Å². The average Bonchev–Trinajstić information content (AvgIpc) is 3.15. The number of primary amides is 1. The van der Waals surface area contributed by atoms with E-state index in [9.17, 15) is 14.0 Å². The fraction of sp³-hybridized carbons (Fsp3) is 0.0476. The van der Waals surface area contributed by atoms with Gasteiger partial charge in [0.15, 0.2) is 0 Å². The van der Waals surface area contributed by atoms with Crippen LogP contribution in [0.25, 0.3) is 16.5 Å². The van der Waals surface area contributed by atoms with Gasteiger partial charge in [0.1, 0.15) is 5.82 Å². The molecule has 3 rings (SSSR count). The summed E-state index contributed by atoms with van der Waals surface area (Å²) >= 11 is 2.79. The Bertz CT molecular complexity index is 1010. The van der Waals surface area contributed by atoms with Crippen LogP contribution in [0.3, 0.4) is 0 Å². The van der Waals surface area contributed by atoms with Crippen molar-refractivity contribution in [2.45, 2.75) is 4.90 Å². The molecule has 2 aromatic carbocycles. The minimum Gasteiger partial charge on any atom is -0.369 e. The van der Waals surface area contributed by atoms with E-state index >= 15 is 0 Å². The topological polar surface area (TPSA) is 72.2 Å². The SMILES string of the molecule is NC(=O)CSc1ccccc1NC(=O)/C=C/c1ccc(-c2ccc(F)cc2)s1. The lowest BCUT2D eigenvalue weighted by Crippen LogP contribution is -2.13. The van der Waals surface area contributed by atoms with Crippen molar-refractivity contribution >= 4 is 46.7 Å². The van der Waals surface area contributed by atoms with Crippen molar-refractivity contribution in [2.75, 3.05) is 11.1 Å². The Morgan fingerprint density at radius 2 is 1.82 bits per heavy atom. The molecule has 0 aliphatic carbocycles. The molecule has 0 bridgehead atoms. The number of thioether (sulfide) groups is 1. The zero-order chi connectivity index (χ0) is 19.9. The molecule has 1 aromatic heterocycles. The van der Waals surface area contributed by atoms with E-state index in [2.05, 4.69) is 5.32 Å². The van der Waals surface area contributed by atoms with Crippen molar-refractivity contribution in [3.8, 4) is 10.4 Å². The molecular formula is C21H17FN2O2S2. The van der Waals surface area contributed by atoms with E-state index in [1.165, 1.54) is 41.3 Å². The Hall–Kier alpha value is -2.90. The molecule has 0 fully saturated rings. The summed E-state index contributed by atoms with van der Waals surface area (Å²) in [6.07, 6.45) is 3.18. The van der Waals surface area contributed by atoms with E-state index in [-0.39, 0.29) is 17.5 Å². The van der Waals surface area contributed by atoms with Gasteiger partial charge in [-0.2, -0.15) is 0 Å². The Morgan fingerprint density at radius 1 is 1.07 bits per heavy atom. The number of hydrogen-bond donors (Lipinski definition) is 2. The zero-order valence-corrected chi connectivity index (χ0v) is 16.4. The Kier molecular flexibility index (Phi) is 6.62. The first-order valence-electron chi connectivity index (χ1n) is 8.36.